The Morgan fingerprint density at radius 2 is 1.76 bits per heavy atom. The van der Waals surface area contributed by atoms with Gasteiger partial charge in [0.05, 0.1) is 6.54 Å². The fourth-order valence-electron chi connectivity index (χ4n) is 9.09. The Bertz CT molecular complexity index is 2210. The Hall–Kier alpha value is -5.21. The fraction of sp³-hybridized carbons (Fsp3) is 0.644. The lowest BCUT2D eigenvalue weighted by molar-refractivity contribution is -0.299. The van der Waals surface area contributed by atoms with E-state index in [0.717, 1.165) is 4.90 Å². The Kier molecular flexibility index (Phi) is 15.7. The monoisotopic (exact) mass is 970 g/mol. The zero-order valence-electron chi connectivity index (χ0n) is 37.9. The normalized spacial score (nSPS) is 26.0. The van der Waals surface area contributed by atoms with E-state index in [-0.39, 0.29) is 37.6 Å². The molecule has 2 aromatic rings. The van der Waals surface area contributed by atoms with E-state index in [4.69, 9.17) is 16.0 Å². The summed E-state index contributed by atoms with van der Waals surface area (Å²) in [6.45, 7) is 4.64. The number of carbonyl (C=O) groups excluding carboxylic acids is 6. The van der Waals surface area contributed by atoms with Gasteiger partial charge in [-0.05, 0) is 80.5 Å². The topological polar surface area (TPSA) is 187 Å². The van der Waals surface area contributed by atoms with Crippen molar-refractivity contribution in [2.75, 3.05) is 27.2 Å². The van der Waals surface area contributed by atoms with Crippen LogP contribution in [0.15, 0.2) is 34.8 Å². The van der Waals surface area contributed by atoms with Crippen LogP contribution in [0.25, 0.3) is 11.5 Å². The number of amides is 6. The molecular formula is C45H57ClF6N8O7. The van der Waals surface area contributed by atoms with Gasteiger partial charge in [-0.3, -0.25) is 28.8 Å². The fourth-order valence-corrected chi connectivity index (χ4v) is 9.28. The van der Waals surface area contributed by atoms with E-state index in [1.807, 2.05) is 19.9 Å². The number of hydrogen-bond acceptors (Lipinski definition) is 9. The number of likely N-dealkylation sites (tertiary alicyclic amines) is 1. The van der Waals surface area contributed by atoms with Gasteiger partial charge in [-0.1, -0.05) is 37.6 Å². The van der Waals surface area contributed by atoms with Gasteiger partial charge in [0, 0.05) is 63.8 Å². The summed E-state index contributed by atoms with van der Waals surface area (Å²) in [5.74, 6) is -9.51. The highest BCUT2D eigenvalue weighted by atomic mass is 35.5. The van der Waals surface area contributed by atoms with Crippen molar-refractivity contribution in [1.29, 1.82) is 0 Å². The number of aromatic nitrogens is 2. The van der Waals surface area contributed by atoms with Gasteiger partial charge in [-0.15, -0.1) is 10.2 Å². The first-order chi connectivity index (χ1) is 31.4. The van der Waals surface area contributed by atoms with Crippen molar-refractivity contribution in [2.24, 2.45) is 17.3 Å². The molecule has 368 valence electrons. The minimum atomic E-state index is -5.41. The molecule has 1 aromatic heterocycles. The molecule has 6 amide bonds. The predicted molar refractivity (Wildman–Crippen MR) is 231 cm³/mol. The number of nitrogens with one attached hydrogen (secondary N) is 3. The summed E-state index contributed by atoms with van der Waals surface area (Å²) in [4.78, 5) is 87.4. The maximum absolute atomic E-state index is 14.9. The molecule has 67 heavy (non-hydrogen) atoms. The molecule has 2 saturated carbocycles. The Morgan fingerprint density at radius 3 is 2.37 bits per heavy atom. The third-order valence-electron chi connectivity index (χ3n) is 13.0. The Balaban J connectivity index is 1.24. The van der Waals surface area contributed by atoms with Crippen molar-refractivity contribution in [1.82, 2.24) is 40.8 Å². The molecule has 1 saturated heterocycles. The van der Waals surface area contributed by atoms with Gasteiger partial charge in [0.25, 0.3) is 5.92 Å². The molecule has 15 nitrogen and oxygen atoms in total. The quantitative estimate of drug-likeness (QED) is 0.194. The molecule has 6 atom stereocenters. The molecule has 0 radical (unpaired) electrons. The van der Waals surface area contributed by atoms with E-state index in [1.165, 1.54) is 19.0 Å². The number of carbonyl (C=O) groups is 6. The number of hydrogen-bond donors (Lipinski definition) is 3. The zero-order valence-corrected chi connectivity index (χ0v) is 38.7. The number of allylic oxidation sites excluding steroid dienone is 1. The third-order valence-corrected chi connectivity index (χ3v) is 13.2. The predicted octanol–water partition coefficient (Wildman–Crippen LogP) is 5.48. The largest absolute Gasteiger partial charge is 0.421 e. The molecule has 4 aliphatic rings. The first-order valence-electron chi connectivity index (χ1n) is 22.5. The van der Waals surface area contributed by atoms with Crippen LogP contribution in [0, 0.1) is 24.2 Å². The summed E-state index contributed by atoms with van der Waals surface area (Å²) in [7, 11) is 2.77. The van der Waals surface area contributed by atoms with E-state index in [9.17, 15) is 55.1 Å². The van der Waals surface area contributed by atoms with E-state index in [0.29, 0.717) is 59.0 Å². The van der Waals surface area contributed by atoms with Gasteiger partial charge in [-0.2, -0.15) is 13.2 Å². The lowest BCUT2D eigenvalue weighted by Crippen LogP contribution is -2.65. The highest BCUT2D eigenvalue weighted by Gasteiger charge is 2.75. The van der Waals surface area contributed by atoms with Crippen LogP contribution in [0.5, 0.6) is 0 Å². The minimum absolute atomic E-state index is 0.0392. The second-order valence-electron chi connectivity index (χ2n) is 18.7. The van der Waals surface area contributed by atoms with E-state index < -0.39 is 121 Å². The van der Waals surface area contributed by atoms with Gasteiger partial charge >= 0.3 is 6.18 Å². The van der Waals surface area contributed by atoms with Crippen LogP contribution in [-0.2, 0) is 35.2 Å². The molecule has 3 N–H and O–H groups in total. The molecule has 3 heterocycles. The van der Waals surface area contributed by atoms with Gasteiger partial charge in [0.1, 0.15) is 36.4 Å². The van der Waals surface area contributed by atoms with Gasteiger partial charge in [0.15, 0.2) is 5.41 Å². The number of rotatable bonds is 11. The van der Waals surface area contributed by atoms with Crippen LogP contribution in [0.2, 0.25) is 5.02 Å². The standard InChI is InChI=1S/C45H57ClF6N8O7/c1-24(2)17-31-40(64)59(5)33(19-27-18-28(46)14-15-30(27)39-57-56-25(3)67-39)36(61)53-16-10-8-6-7-9-11-32(37(62)54-31)58(4)41(65)35(26-12-13-26)55-38(63)34-20-29(47)21-60(34)42(66)43(45(50,51)52)22-44(48,49)23-43/h7,9,14-15,18,24,26,29,31-35H,6,8,10-13,16-17,19-23H2,1-5H3,(H,53,61)(H,54,62)(H,55,63)/b9-7+/t29-,31+,32+,33+,34+,35+/m1/s1. The number of halogens is 7. The van der Waals surface area contributed by atoms with E-state index in [2.05, 4.69) is 26.1 Å². The third kappa shape index (κ3) is 11.7. The van der Waals surface area contributed by atoms with Crippen LogP contribution in [0.3, 0.4) is 0 Å². The summed E-state index contributed by atoms with van der Waals surface area (Å²) in [5, 5.41) is 16.7. The van der Waals surface area contributed by atoms with Crippen LogP contribution in [0.1, 0.15) is 89.5 Å². The van der Waals surface area contributed by atoms with Crippen molar-refractivity contribution in [2.45, 2.75) is 140 Å². The first kappa shape index (κ1) is 51.2. The minimum Gasteiger partial charge on any atom is -0.421 e. The summed E-state index contributed by atoms with van der Waals surface area (Å²) in [6, 6.07) is -1.86. The molecule has 2 aliphatic heterocycles. The van der Waals surface area contributed by atoms with Crippen molar-refractivity contribution in [3.8, 4) is 11.5 Å². The van der Waals surface area contributed by atoms with Crippen LogP contribution < -0.4 is 16.0 Å². The van der Waals surface area contributed by atoms with Crippen molar-refractivity contribution in [3.63, 3.8) is 0 Å². The summed E-state index contributed by atoms with van der Waals surface area (Å²) in [5.41, 5.74) is -2.47. The maximum Gasteiger partial charge on any atom is 0.403 e. The molecule has 1 aromatic carbocycles. The second-order valence-corrected chi connectivity index (χ2v) is 19.1. The van der Waals surface area contributed by atoms with Gasteiger partial charge < -0.3 is 35.1 Å². The van der Waals surface area contributed by atoms with Crippen molar-refractivity contribution < 1.29 is 59.5 Å². The average molecular weight is 971 g/mol. The number of benzene rings is 1. The summed E-state index contributed by atoms with van der Waals surface area (Å²) in [6.07, 6.45) is -5.61. The molecule has 22 heteroatoms. The number of nitrogens with zero attached hydrogens (tertiary/aromatic N) is 5. The van der Waals surface area contributed by atoms with Crippen LogP contribution >= 0.6 is 11.6 Å². The highest BCUT2D eigenvalue weighted by molar-refractivity contribution is 6.30. The molecule has 0 spiro atoms. The van der Waals surface area contributed by atoms with E-state index >= 15 is 0 Å². The second kappa shape index (κ2) is 20.6. The Labute approximate surface area is 389 Å². The van der Waals surface area contributed by atoms with Crippen molar-refractivity contribution in [3.05, 3.63) is 46.8 Å². The first-order valence-corrected chi connectivity index (χ1v) is 22.9. The maximum atomic E-state index is 14.9. The summed E-state index contributed by atoms with van der Waals surface area (Å²) < 4.78 is 90.9. The zero-order chi connectivity index (χ0) is 49.2. The summed E-state index contributed by atoms with van der Waals surface area (Å²) >= 11 is 6.42. The van der Waals surface area contributed by atoms with Crippen LogP contribution in [-0.4, -0.2) is 136 Å². The average Bonchev–Trinajstić information content (AvgIpc) is 3.87. The van der Waals surface area contributed by atoms with Gasteiger partial charge in [0.2, 0.25) is 47.2 Å². The molecule has 6 rings (SSSR count). The Morgan fingerprint density at radius 1 is 1.06 bits per heavy atom. The molecular weight excluding hydrogens is 914 g/mol. The lowest BCUT2D eigenvalue weighted by Gasteiger charge is -2.48. The number of alkyl halides is 6. The smallest absolute Gasteiger partial charge is 0.403 e. The SMILES string of the molecule is Cc1nnc(-c2ccc(Cl)cc2C[C@H]2C(=O)NCCCC/C=C/C[C@H](N(C)C(=O)[C@@H](NC(=O)[C@@H]3C[C@@H](F)CN3C(=O)C3(C(F)(F)F)CC(F)(F)C3)C3CC3)C(=O)N[C@@H](CC(C)C)C(=O)N2C)o1. The highest BCUT2D eigenvalue weighted by Crippen LogP contribution is 2.61. The number of likely N-dealkylation sites (N-methyl/N-ethyl adjacent to an activating group) is 2. The van der Waals surface area contributed by atoms with Crippen LogP contribution in [0.4, 0.5) is 26.3 Å². The van der Waals surface area contributed by atoms with Crippen molar-refractivity contribution >= 4 is 47.0 Å². The number of aryl methyl sites for hydroxylation is 1. The molecule has 2 aliphatic carbocycles. The van der Waals surface area contributed by atoms with E-state index in [1.54, 1.807) is 31.2 Å². The molecule has 0 unspecified atom stereocenters. The lowest BCUT2D eigenvalue weighted by atomic mass is 9.64. The molecule has 3 fully saturated rings. The molecule has 0 bridgehead atoms. The van der Waals surface area contributed by atoms with Gasteiger partial charge in [-0.25, -0.2) is 13.2 Å².